The molecule has 0 unspecified atom stereocenters. The number of halogens is 2. The van der Waals surface area contributed by atoms with Gasteiger partial charge in [0.1, 0.15) is 11.5 Å². The molecule has 23 heavy (non-hydrogen) atoms. The van der Waals surface area contributed by atoms with Gasteiger partial charge in [0, 0.05) is 5.02 Å². The minimum Gasteiger partial charge on any atom is -0.480 e. The summed E-state index contributed by atoms with van der Waals surface area (Å²) < 4.78 is 10.7. The minimum atomic E-state index is -0.563. The fourth-order valence-corrected chi connectivity index (χ4v) is 2.51. The van der Waals surface area contributed by atoms with Crippen LogP contribution in [-0.4, -0.2) is 12.6 Å². The first-order valence-corrected chi connectivity index (χ1v) is 7.46. The van der Waals surface area contributed by atoms with Crippen molar-refractivity contribution in [1.29, 1.82) is 5.26 Å². The number of rotatable bonds is 4. The van der Waals surface area contributed by atoms with Crippen molar-refractivity contribution in [1.82, 2.24) is 0 Å². The molecule has 0 amide bonds. The van der Waals surface area contributed by atoms with Crippen molar-refractivity contribution in [2.45, 2.75) is 13.8 Å². The van der Waals surface area contributed by atoms with Crippen molar-refractivity contribution < 1.29 is 14.3 Å². The first-order valence-electron chi connectivity index (χ1n) is 6.70. The molecule has 0 aromatic heterocycles. The second-order valence-corrected chi connectivity index (χ2v) is 5.73. The number of carbonyl (C=O) groups is 1. The van der Waals surface area contributed by atoms with Gasteiger partial charge in [-0.3, -0.25) is 0 Å². The van der Waals surface area contributed by atoms with Crippen molar-refractivity contribution >= 4 is 29.2 Å². The topological polar surface area (TPSA) is 59.3 Å². The van der Waals surface area contributed by atoms with Crippen LogP contribution in [0.1, 0.15) is 16.7 Å². The maximum Gasteiger partial charge on any atom is 0.349 e. The molecule has 0 aliphatic heterocycles. The predicted molar refractivity (Wildman–Crippen MR) is 88.2 cm³/mol. The third-order valence-corrected chi connectivity index (χ3v) is 3.58. The molecule has 0 saturated heterocycles. The van der Waals surface area contributed by atoms with Gasteiger partial charge in [-0.05, 0) is 55.3 Å². The van der Waals surface area contributed by atoms with E-state index >= 15 is 0 Å². The lowest BCUT2D eigenvalue weighted by molar-refractivity contribution is -0.136. The summed E-state index contributed by atoms with van der Waals surface area (Å²) >= 11 is 11.8. The molecule has 4 nitrogen and oxygen atoms in total. The summed E-state index contributed by atoms with van der Waals surface area (Å²) in [6.45, 7) is 3.25. The molecular weight excluding hydrogens is 337 g/mol. The van der Waals surface area contributed by atoms with Gasteiger partial charge in [0.15, 0.2) is 6.61 Å². The second kappa shape index (κ2) is 7.36. The zero-order valence-corrected chi connectivity index (χ0v) is 14.0. The first kappa shape index (κ1) is 17.1. The third kappa shape index (κ3) is 4.38. The van der Waals surface area contributed by atoms with Crippen LogP contribution in [0.5, 0.6) is 11.5 Å². The van der Waals surface area contributed by atoms with Crippen molar-refractivity contribution in [3.8, 4) is 17.6 Å². The lowest BCUT2D eigenvalue weighted by atomic mass is 10.1. The highest BCUT2D eigenvalue weighted by atomic mass is 35.5. The van der Waals surface area contributed by atoms with Crippen LogP contribution < -0.4 is 9.47 Å². The summed E-state index contributed by atoms with van der Waals surface area (Å²) in [6.07, 6.45) is 0. The van der Waals surface area contributed by atoms with E-state index in [4.69, 9.17) is 37.9 Å². The normalized spacial score (nSPS) is 10.0. The molecule has 0 aliphatic carbocycles. The van der Waals surface area contributed by atoms with Crippen LogP contribution in [0.15, 0.2) is 30.3 Å². The largest absolute Gasteiger partial charge is 0.480 e. The summed E-state index contributed by atoms with van der Waals surface area (Å²) in [6, 6.07) is 10.1. The molecule has 0 N–H and O–H groups in total. The highest BCUT2D eigenvalue weighted by molar-refractivity contribution is 6.35. The molecule has 6 heteroatoms. The molecule has 2 aromatic carbocycles. The van der Waals surface area contributed by atoms with E-state index in [0.29, 0.717) is 38.2 Å². The zero-order chi connectivity index (χ0) is 17.0. The van der Waals surface area contributed by atoms with Crippen LogP contribution in [0.3, 0.4) is 0 Å². The quantitative estimate of drug-likeness (QED) is 0.603. The second-order valence-electron chi connectivity index (χ2n) is 4.89. The average Bonchev–Trinajstić information content (AvgIpc) is 2.49. The first-order chi connectivity index (χ1) is 10.9. The van der Waals surface area contributed by atoms with Crippen molar-refractivity contribution in [2.75, 3.05) is 6.61 Å². The monoisotopic (exact) mass is 349 g/mol. The standard InChI is InChI=1S/C17H13Cl2NO3/c1-10-5-12(8-20)6-11(2)17(10)23-16(21)9-22-15-4-3-13(18)7-14(15)19/h3-7H,9H2,1-2H3. The Morgan fingerprint density at radius 3 is 2.39 bits per heavy atom. The molecule has 0 aliphatic rings. The van der Waals surface area contributed by atoms with E-state index in [2.05, 4.69) is 6.07 Å². The number of hydrogen-bond donors (Lipinski definition) is 0. The zero-order valence-electron chi connectivity index (χ0n) is 12.5. The highest BCUT2D eigenvalue weighted by Crippen LogP contribution is 2.28. The van der Waals surface area contributed by atoms with E-state index in [1.165, 1.54) is 6.07 Å². The van der Waals surface area contributed by atoms with Gasteiger partial charge in [-0.15, -0.1) is 0 Å². The van der Waals surface area contributed by atoms with Gasteiger partial charge in [-0.1, -0.05) is 23.2 Å². The summed E-state index contributed by atoms with van der Waals surface area (Å²) in [5, 5.41) is 9.71. The Hall–Kier alpha value is -2.22. The van der Waals surface area contributed by atoms with Gasteiger partial charge in [0.25, 0.3) is 0 Å². The van der Waals surface area contributed by atoms with Gasteiger partial charge >= 0.3 is 5.97 Å². The summed E-state index contributed by atoms with van der Waals surface area (Å²) in [5.74, 6) is 0.216. The molecule has 0 atom stereocenters. The van der Waals surface area contributed by atoms with Crippen LogP contribution >= 0.6 is 23.2 Å². The number of nitriles is 1. The smallest absolute Gasteiger partial charge is 0.349 e. The Kier molecular flexibility index (Phi) is 5.49. The van der Waals surface area contributed by atoms with Crippen molar-refractivity contribution in [3.05, 3.63) is 57.1 Å². The number of carbonyl (C=O) groups excluding carboxylic acids is 1. The van der Waals surface area contributed by atoms with Gasteiger partial charge in [0.05, 0.1) is 16.7 Å². The number of hydrogen-bond acceptors (Lipinski definition) is 4. The lowest BCUT2D eigenvalue weighted by Gasteiger charge is -2.12. The van der Waals surface area contributed by atoms with Crippen molar-refractivity contribution in [2.24, 2.45) is 0 Å². The van der Waals surface area contributed by atoms with E-state index in [1.54, 1.807) is 38.1 Å². The molecule has 118 valence electrons. The molecule has 0 fully saturated rings. The summed E-state index contributed by atoms with van der Waals surface area (Å²) in [4.78, 5) is 11.9. The number of ether oxygens (including phenoxy) is 2. The average molecular weight is 350 g/mol. The van der Waals surface area contributed by atoms with Crippen LogP contribution in [0.25, 0.3) is 0 Å². The molecule has 0 radical (unpaired) electrons. The molecule has 0 bridgehead atoms. The van der Waals surface area contributed by atoms with Gasteiger partial charge in [0.2, 0.25) is 0 Å². The van der Waals surface area contributed by atoms with Crippen LogP contribution in [0.2, 0.25) is 10.0 Å². The number of esters is 1. The number of benzene rings is 2. The number of nitrogens with zero attached hydrogens (tertiary/aromatic N) is 1. The third-order valence-electron chi connectivity index (χ3n) is 3.04. The lowest BCUT2D eigenvalue weighted by Crippen LogP contribution is -2.18. The van der Waals surface area contributed by atoms with Crippen LogP contribution in [0.4, 0.5) is 0 Å². The number of aryl methyl sites for hydroxylation is 2. The van der Waals surface area contributed by atoms with E-state index in [9.17, 15) is 4.79 Å². The summed E-state index contributed by atoms with van der Waals surface area (Å²) in [5.41, 5.74) is 1.93. The predicted octanol–water partition coefficient (Wildman–Crippen LogP) is 4.47. The Bertz CT molecular complexity index is 774. The SMILES string of the molecule is Cc1cc(C#N)cc(C)c1OC(=O)COc1ccc(Cl)cc1Cl. The van der Waals surface area contributed by atoms with Crippen LogP contribution in [-0.2, 0) is 4.79 Å². The van der Waals surface area contributed by atoms with E-state index in [0.717, 1.165) is 0 Å². The van der Waals surface area contributed by atoms with Gasteiger partial charge in [-0.25, -0.2) is 4.79 Å². The van der Waals surface area contributed by atoms with Gasteiger partial charge in [-0.2, -0.15) is 5.26 Å². The fourth-order valence-electron chi connectivity index (χ4n) is 2.05. The Balaban J connectivity index is 2.04. The molecule has 0 saturated carbocycles. The minimum absolute atomic E-state index is 0.291. The molecule has 2 rings (SSSR count). The molecule has 0 heterocycles. The molecular formula is C17H13Cl2NO3. The van der Waals surface area contributed by atoms with Crippen molar-refractivity contribution in [3.63, 3.8) is 0 Å². The fraction of sp³-hybridized carbons (Fsp3) is 0.176. The summed E-state index contributed by atoms with van der Waals surface area (Å²) in [7, 11) is 0. The Labute approximate surface area is 144 Å². The Morgan fingerprint density at radius 2 is 1.83 bits per heavy atom. The maximum atomic E-state index is 11.9. The van der Waals surface area contributed by atoms with E-state index < -0.39 is 5.97 Å². The highest BCUT2D eigenvalue weighted by Gasteiger charge is 2.13. The maximum absolute atomic E-state index is 11.9. The van der Waals surface area contributed by atoms with Gasteiger partial charge < -0.3 is 9.47 Å². The van der Waals surface area contributed by atoms with E-state index in [1.807, 2.05) is 0 Å². The molecule has 2 aromatic rings. The molecule has 0 spiro atoms. The Morgan fingerprint density at radius 1 is 1.17 bits per heavy atom. The van der Waals surface area contributed by atoms with E-state index in [-0.39, 0.29) is 6.61 Å². The van der Waals surface area contributed by atoms with Crippen LogP contribution in [0, 0.1) is 25.2 Å².